The van der Waals surface area contributed by atoms with Gasteiger partial charge in [0.25, 0.3) is 22.1 Å². The van der Waals surface area contributed by atoms with Crippen LogP contribution in [-0.2, 0) is 29.2 Å². The van der Waals surface area contributed by atoms with Crippen molar-refractivity contribution in [2.75, 3.05) is 0 Å². The van der Waals surface area contributed by atoms with Crippen LogP contribution in [0.3, 0.4) is 0 Å². The van der Waals surface area contributed by atoms with Crippen LogP contribution in [0.5, 0.6) is 17.2 Å². The topological polar surface area (TPSA) is 78.9 Å². The third kappa shape index (κ3) is 5.30. The van der Waals surface area contributed by atoms with Gasteiger partial charge in [-0.2, -0.15) is 0 Å². The van der Waals surface area contributed by atoms with Gasteiger partial charge in [0.05, 0.1) is 31.4 Å². The fourth-order valence-corrected chi connectivity index (χ4v) is 17.1. The molecule has 3 aliphatic heterocycles. The third-order valence-electron chi connectivity index (χ3n) is 13.1. The Bertz CT molecular complexity index is 2730. The molecule has 7 aromatic rings. The summed E-state index contributed by atoms with van der Waals surface area (Å²) in [5.74, 6) is 1.65. The Morgan fingerprint density at radius 1 is 0.317 bits per heavy atom. The molecule has 0 aromatic heterocycles. The highest BCUT2D eigenvalue weighted by Gasteiger charge is 2.55. The van der Waals surface area contributed by atoms with Crippen LogP contribution < -0.4 is 29.5 Å². The zero-order chi connectivity index (χ0) is 41.9. The van der Waals surface area contributed by atoms with Gasteiger partial charge in [0, 0.05) is 16.7 Å². The van der Waals surface area contributed by atoms with Crippen molar-refractivity contribution in [1.82, 2.24) is 0 Å². The number of benzene rings is 7. The molecule has 10 rings (SSSR count). The van der Waals surface area contributed by atoms with Crippen LogP contribution in [0.15, 0.2) is 164 Å². The SMILES string of the molecule is CC(C)(c1cc(C(C)(C)P2(=O)Oc3ccccc3-c3ccccc32)cc(C(C)(C)P2(=O)Oc3ccccc3-c3ccccc32)c1)P1(=O)Oc2ccccc2-c2ccccc21. The minimum atomic E-state index is -3.80. The van der Waals surface area contributed by atoms with Gasteiger partial charge in [-0.25, -0.2) is 0 Å². The summed E-state index contributed by atoms with van der Waals surface area (Å²) in [4.78, 5) is 0. The average molecular weight is 847 g/mol. The maximum Gasteiger partial charge on any atom is 0.287 e. The Morgan fingerprint density at radius 3 is 0.800 bits per heavy atom. The number of hydrogen-bond donors (Lipinski definition) is 0. The second-order valence-corrected chi connectivity index (χ2v) is 26.1. The van der Waals surface area contributed by atoms with E-state index < -0.39 is 37.6 Å². The molecule has 0 saturated heterocycles. The molecule has 7 aromatic carbocycles. The Morgan fingerprint density at radius 2 is 0.533 bits per heavy atom. The molecule has 0 radical (unpaired) electrons. The molecule has 0 spiro atoms. The molecule has 0 saturated carbocycles. The smallest absolute Gasteiger partial charge is 0.287 e. The number of hydrogen-bond acceptors (Lipinski definition) is 6. The molecule has 3 atom stereocenters. The fraction of sp³-hybridized carbons (Fsp3) is 0.176. The van der Waals surface area contributed by atoms with E-state index in [0.717, 1.165) is 33.4 Å². The van der Waals surface area contributed by atoms with Gasteiger partial charge >= 0.3 is 0 Å². The van der Waals surface area contributed by atoms with Crippen molar-refractivity contribution < 1.29 is 27.3 Å². The summed E-state index contributed by atoms with van der Waals surface area (Å²) < 4.78 is 68.6. The Balaban J connectivity index is 1.22. The molecule has 3 heterocycles. The van der Waals surface area contributed by atoms with Crippen molar-refractivity contribution in [2.45, 2.75) is 57.0 Å². The summed E-state index contributed by atoms with van der Waals surface area (Å²) in [7, 11) is -11.4. The van der Waals surface area contributed by atoms with Crippen molar-refractivity contribution in [3.63, 3.8) is 0 Å². The molecular formula is C51H45O6P3. The van der Waals surface area contributed by atoms with Crippen LogP contribution in [-0.4, -0.2) is 0 Å². The summed E-state index contributed by atoms with van der Waals surface area (Å²) in [5.41, 5.74) is 7.27. The van der Waals surface area contributed by atoms with Crippen LogP contribution in [0.2, 0.25) is 0 Å². The summed E-state index contributed by atoms with van der Waals surface area (Å²) in [6.45, 7) is 11.7. The van der Waals surface area contributed by atoms with Gasteiger partial charge in [-0.3, -0.25) is 13.7 Å². The van der Waals surface area contributed by atoms with E-state index in [0.29, 0.717) is 49.9 Å². The van der Waals surface area contributed by atoms with E-state index in [2.05, 4.69) is 0 Å². The number of rotatable bonds is 6. The molecule has 60 heavy (non-hydrogen) atoms. The Labute approximate surface area is 352 Å². The second kappa shape index (κ2) is 13.3. The van der Waals surface area contributed by atoms with E-state index in [1.165, 1.54) is 0 Å². The van der Waals surface area contributed by atoms with Crippen LogP contribution >= 0.6 is 22.1 Å². The maximum absolute atomic E-state index is 16.1. The molecule has 0 fully saturated rings. The maximum atomic E-state index is 16.1. The molecule has 0 N–H and O–H groups in total. The summed E-state index contributed by atoms with van der Waals surface area (Å²) in [5, 5.41) is -1.60. The van der Waals surface area contributed by atoms with Gasteiger partial charge in [-0.15, -0.1) is 0 Å². The van der Waals surface area contributed by atoms with Crippen molar-refractivity contribution in [3.8, 4) is 50.6 Å². The lowest BCUT2D eigenvalue weighted by Gasteiger charge is -2.43. The number of fused-ring (bicyclic) bond motifs is 9. The summed E-state index contributed by atoms with van der Waals surface area (Å²) in [6.07, 6.45) is 0. The van der Waals surface area contributed by atoms with Crippen molar-refractivity contribution in [1.29, 1.82) is 0 Å². The van der Waals surface area contributed by atoms with Crippen molar-refractivity contribution >= 4 is 38.0 Å². The van der Waals surface area contributed by atoms with E-state index in [1.54, 1.807) is 0 Å². The fourth-order valence-electron chi connectivity index (χ4n) is 9.19. The Hall–Kier alpha value is -5.37. The summed E-state index contributed by atoms with van der Waals surface area (Å²) in [6, 6.07) is 52.4. The predicted molar refractivity (Wildman–Crippen MR) is 245 cm³/mol. The van der Waals surface area contributed by atoms with Gasteiger partial charge in [0.1, 0.15) is 17.2 Å². The van der Waals surface area contributed by atoms with Gasteiger partial charge in [-0.1, -0.05) is 127 Å². The number of para-hydroxylation sites is 3. The molecule has 0 aliphatic carbocycles. The quantitative estimate of drug-likeness (QED) is 0.155. The molecule has 3 unspecified atom stereocenters. The Kier molecular flexibility index (Phi) is 8.61. The predicted octanol–water partition coefficient (Wildman–Crippen LogP) is 13.4. The van der Waals surface area contributed by atoms with Crippen LogP contribution in [0.1, 0.15) is 58.2 Å². The third-order valence-corrected chi connectivity index (χ3v) is 22.8. The van der Waals surface area contributed by atoms with Gasteiger partial charge in [0.15, 0.2) is 0 Å². The van der Waals surface area contributed by atoms with E-state index in [9.17, 15) is 0 Å². The first-order chi connectivity index (χ1) is 28.6. The standard InChI is InChI=1S/C51H45O6P3/c1-49(2,58(52)46-28-16-10-22-40(46)37-19-7-13-25-43(37)55-58)34-31-35(50(3,4)59(53)47-29-17-11-23-41(47)38-20-8-14-26-44(38)56-59)33-36(32-34)51(5,6)60(54)48-30-18-12-24-42(48)39-21-9-15-27-45(39)57-60/h7-33H,1-6H3. The molecule has 9 heteroatoms. The molecule has 0 bridgehead atoms. The zero-order valence-corrected chi connectivity index (χ0v) is 37.1. The molecule has 6 nitrogen and oxygen atoms in total. The lowest BCUT2D eigenvalue weighted by atomic mass is 9.88. The van der Waals surface area contributed by atoms with E-state index >= 15 is 13.7 Å². The first-order valence-electron chi connectivity index (χ1n) is 20.2. The van der Waals surface area contributed by atoms with Crippen LogP contribution in [0.4, 0.5) is 0 Å². The first kappa shape index (κ1) is 38.8. The van der Waals surface area contributed by atoms with Crippen LogP contribution in [0.25, 0.3) is 33.4 Å². The van der Waals surface area contributed by atoms with Crippen molar-refractivity contribution in [2.24, 2.45) is 0 Å². The van der Waals surface area contributed by atoms with Gasteiger partial charge in [0.2, 0.25) is 0 Å². The lowest BCUT2D eigenvalue weighted by molar-refractivity contribution is 0.451. The second-order valence-electron chi connectivity index (χ2n) is 17.4. The monoisotopic (exact) mass is 846 g/mol. The highest BCUT2D eigenvalue weighted by atomic mass is 31.2. The van der Waals surface area contributed by atoms with E-state index in [1.807, 2.05) is 205 Å². The molecule has 300 valence electrons. The van der Waals surface area contributed by atoms with E-state index in [-0.39, 0.29) is 0 Å². The average Bonchev–Trinajstić information content (AvgIpc) is 3.26. The first-order valence-corrected chi connectivity index (χ1v) is 25.1. The summed E-state index contributed by atoms with van der Waals surface area (Å²) >= 11 is 0. The normalized spacial score (nSPS) is 21.3. The van der Waals surface area contributed by atoms with Gasteiger partial charge < -0.3 is 13.6 Å². The minimum Gasteiger partial charge on any atom is -0.439 e. The molecule has 0 amide bonds. The minimum absolute atomic E-state index is 0.551. The highest BCUT2D eigenvalue weighted by Crippen LogP contribution is 2.71. The van der Waals surface area contributed by atoms with Gasteiger partial charge in [-0.05, 0) is 111 Å². The van der Waals surface area contributed by atoms with Crippen molar-refractivity contribution in [3.05, 3.63) is 180 Å². The lowest BCUT2D eigenvalue weighted by Crippen LogP contribution is -2.35. The molecule has 3 aliphatic rings. The zero-order valence-electron chi connectivity index (χ0n) is 34.4. The largest absolute Gasteiger partial charge is 0.439 e. The highest BCUT2D eigenvalue weighted by molar-refractivity contribution is 7.69. The van der Waals surface area contributed by atoms with Crippen LogP contribution in [0, 0.1) is 0 Å². The molecular weight excluding hydrogens is 801 g/mol. The van der Waals surface area contributed by atoms with E-state index in [4.69, 9.17) is 13.6 Å².